The van der Waals surface area contributed by atoms with Crippen molar-refractivity contribution < 1.29 is 0 Å². The number of anilines is 1. The number of rotatable bonds is 8. The summed E-state index contributed by atoms with van der Waals surface area (Å²) in [6.45, 7) is 5.18. The van der Waals surface area contributed by atoms with Crippen molar-refractivity contribution in [3.8, 4) is 6.07 Å². The summed E-state index contributed by atoms with van der Waals surface area (Å²) < 4.78 is 0. The van der Waals surface area contributed by atoms with Gasteiger partial charge in [0.15, 0.2) is 0 Å². The molecule has 0 radical (unpaired) electrons. The Morgan fingerprint density at radius 2 is 1.83 bits per heavy atom. The Balaban J connectivity index is 1.88. The molecular formula is C20H25N3. The van der Waals surface area contributed by atoms with Crippen molar-refractivity contribution >= 4 is 5.82 Å². The number of aromatic nitrogens is 1. The summed E-state index contributed by atoms with van der Waals surface area (Å²) in [5.74, 6) is 0.917. The van der Waals surface area contributed by atoms with Crippen LogP contribution in [-0.4, -0.2) is 11.5 Å². The van der Waals surface area contributed by atoms with Gasteiger partial charge in [-0.15, -0.1) is 0 Å². The van der Waals surface area contributed by atoms with Crippen LogP contribution in [0.1, 0.15) is 37.8 Å². The molecule has 1 aromatic carbocycles. The van der Waals surface area contributed by atoms with E-state index in [1.54, 1.807) is 0 Å². The van der Waals surface area contributed by atoms with E-state index in [4.69, 9.17) is 5.26 Å². The van der Waals surface area contributed by atoms with Crippen LogP contribution in [-0.2, 0) is 12.8 Å². The highest BCUT2D eigenvalue weighted by Gasteiger charge is 2.17. The fraction of sp³-hybridized carbons (Fsp3) is 0.400. The first kappa shape index (κ1) is 17.0. The van der Waals surface area contributed by atoms with Gasteiger partial charge in [-0.2, -0.15) is 5.26 Å². The predicted molar refractivity (Wildman–Crippen MR) is 95.2 cm³/mol. The third-order valence-electron chi connectivity index (χ3n) is 4.03. The van der Waals surface area contributed by atoms with Crippen LogP contribution in [0.3, 0.4) is 0 Å². The molecule has 1 heterocycles. The maximum Gasteiger partial charge on any atom is 0.126 e. The van der Waals surface area contributed by atoms with Gasteiger partial charge in [0.1, 0.15) is 5.82 Å². The zero-order valence-electron chi connectivity index (χ0n) is 14.0. The molecule has 0 aliphatic heterocycles. The largest absolute Gasteiger partial charge is 0.370 e. The second-order valence-corrected chi connectivity index (χ2v) is 6.71. The Morgan fingerprint density at radius 1 is 1.09 bits per heavy atom. The van der Waals surface area contributed by atoms with Gasteiger partial charge in [-0.25, -0.2) is 4.98 Å². The van der Waals surface area contributed by atoms with Crippen LogP contribution in [0.15, 0.2) is 48.7 Å². The molecule has 0 saturated carbocycles. The third-order valence-corrected chi connectivity index (χ3v) is 4.03. The van der Waals surface area contributed by atoms with Gasteiger partial charge in [0, 0.05) is 19.2 Å². The van der Waals surface area contributed by atoms with Gasteiger partial charge >= 0.3 is 0 Å². The van der Waals surface area contributed by atoms with Crippen molar-refractivity contribution in [2.75, 3.05) is 11.9 Å². The van der Waals surface area contributed by atoms with Crippen LogP contribution < -0.4 is 5.32 Å². The molecule has 0 aliphatic carbocycles. The smallest absolute Gasteiger partial charge is 0.126 e. The Hall–Kier alpha value is -2.34. The Bertz CT molecular complexity index is 641. The van der Waals surface area contributed by atoms with Gasteiger partial charge in [0.05, 0.1) is 6.07 Å². The van der Waals surface area contributed by atoms with E-state index < -0.39 is 0 Å². The highest BCUT2D eigenvalue weighted by molar-refractivity contribution is 5.38. The summed E-state index contributed by atoms with van der Waals surface area (Å²) in [5, 5.41) is 12.1. The highest BCUT2D eigenvalue weighted by Crippen LogP contribution is 2.22. The van der Waals surface area contributed by atoms with E-state index in [9.17, 15) is 0 Å². The van der Waals surface area contributed by atoms with Crippen molar-refractivity contribution in [3.63, 3.8) is 0 Å². The average molecular weight is 307 g/mol. The normalized spacial score (nSPS) is 11.0. The average Bonchev–Trinajstić information content (AvgIpc) is 2.58. The van der Waals surface area contributed by atoms with E-state index in [-0.39, 0.29) is 5.41 Å². The van der Waals surface area contributed by atoms with E-state index in [1.165, 1.54) is 11.1 Å². The summed E-state index contributed by atoms with van der Waals surface area (Å²) in [4.78, 5) is 4.40. The molecule has 120 valence electrons. The fourth-order valence-electron chi connectivity index (χ4n) is 2.47. The minimum atomic E-state index is 0.0947. The summed E-state index contributed by atoms with van der Waals surface area (Å²) in [6.07, 6.45) is 5.41. The van der Waals surface area contributed by atoms with E-state index in [0.29, 0.717) is 6.42 Å². The molecule has 0 spiro atoms. The molecule has 0 atom stereocenters. The van der Waals surface area contributed by atoms with Gasteiger partial charge < -0.3 is 5.32 Å². The van der Waals surface area contributed by atoms with Crippen molar-refractivity contribution in [1.82, 2.24) is 4.98 Å². The lowest BCUT2D eigenvalue weighted by Gasteiger charge is -2.24. The number of nitrogens with zero attached hydrogens (tertiary/aromatic N) is 2. The molecule has 0 fully saturated rings. The zero-order valence-corrected chi connectivity index (χ0v) is 14.0. The molecule has 3 nitrogen and oxygen atoms in total. The molecule has 0 amide bonds. The summed E-state index contributed by atoms with van der Waals surface area (Å²) in [7, 11) is 0. The lowest BCUT2D eigenvalue weighted by Crippen LogP contribution is -2.23. The molecule has 3 heteroatoms. The van der Waals surface area contributed by atoms with Crippen LogP contribution in [0.2, 0.25) is 0 Å². The van der Waals surface area contributed by atoms with Gasteiger partial charge in [0.2, 0.25) is 0 Å². The van der Waals surface area contributed by atoms with Crippen LogP contribution in [0, 0.1) is 16.7 Å². The van der Waals surface area contributed by atoms with Gasteiger partial charge in [-0.3, -0.25) is 0 Å². The van der Waals surface area contributed by atoms with E-state index in [1.807, 2.05) is 12.3 Å². The maximum absolute atomic E-state index is 8.72. The lowest BCUT2D eigenvalue weighted by molar-refractivity contribution is 0.363. The topological polar surface area (TPSA) is 48.7 Å². The van der Waals surface area contributed by atoms with Gasteiger partial charge in [0.25, 0.3) is 0 Å². The van der Waals surface area contributed by atoms with Crippen LogP contribution in [0.4, 0.5) is 5.82 Å². The first-order valence-corrected chi connectivity index (χ1v) is 8.19. The second-order valence-electron chi connectivity index (χ2n) is 6.71. The summed E-state index contributed by atoms with van der Waals surface area (Å²) in [5.41, 5.74) is 2.75. The van der Waals surface area contributed by atoms with Crippen LogP contribution in [0.25, 0.3) is 0 Å². The van der Waals surface area contributed by atoms with Crippen molar-refractivity contribution in [1.29, 1.82) is 5.26 Å². The Morgan fingerprint density at radius 3 is 2.57 bits per heavy atom. The second kappa shape index (κ2) is 8.33. The minimum Gasteiger partial charge on any atom is -0.370 e. The Labute approximate surface area is 139 Å². The number of pyridine rings is 1. The summed E-state index contributed by atoms with van der Waals surface area (Å²) in [6, 6.07) is 17.0. The van der Waals surface area contributed by atoms with Gasteiger partial charge in [-0.1, -0.05) is 44.2 Å². The zero-order chi connectivity index (χ0) is 16.5. The van der Waals surface area contributed by atoms with Crippen molar-refractivity contribution in [2.45, 2.75) is 39.5 Å². The molecule has 23 heavy (non-hydrogen) atoms. The van der Waals surface area contributed by atoms with Crippen LogP contribution in [0.5, 0.6) is 0 Å². The third kappa shape index (κ3) is 6.12. The highest BCUT2D eigenvalue weighted by atomic mass is 15.0. The Kier molecular flexibility index (Phi) is 6.17. The molecule has 0 unspecified atom stereocenters. The molecule has 1 N–H and O–H groups in total. The predicted octanol–water partition coefficient (Wildman–Crippen LogP) is 4.61. The minimum absolute atomic E-state index is 0.0947. The van der Waals surface area contributed by atoms with Crippen molar-refractivity contribution in [2.24, 2.45) is 5.41 Å². The fourth-order valence-corrected chi connectivity index (χ4v) is 2.47. The molecule has 0 bridgehead atoms. The molecule has 0 aliphatic rings. The molecule has 0 saturated heterocycles. The monoisotopic (exact) mass is 307 g/mol. The van der Waals surface area contributed by atoms with E-state index >= 15 is 0 Å². The maximum atomic E-state index is 8.72. The molecule has 2 aromatic rings. The summed E-state index contributed by atoms with van der Waals surface area (Å²) >= 11 is 0. The first-order valence-electron chi connectivity index (χ1n) is 8.19. The van der Waals surface area contributed by atoms with Gasteiger partial charge in [-0.05, 0) is 47.9 Å². The quantitative estimate of drug-likeness (QED) is 0.775. The number of hydrogen-bond donors (Lipinski definition) is 1. The SMILES string of the molecule is CC(C)(CCC#N)CNc1cc(CCc2ccccc2)ccn1. The van der Waals surface area contributed by atoms with E-state index in [0.717, 1.165) is 31.6 Å². The molecule has 2 rings (SSSR count). The molecule has 1 aromatic heterocycles. The molecular weight excluding hydrogens is 282 g/mol. The number of benzene rings is 1. The number of aryl methyl sites for hydroxylation is 2. The number of nitriles is 1. The standard InChI is InChI=1S/C20H25N3/c1-20(2,12-6-13-21)16-23-19-15-18(11-14-22-19)10-9-17-7-4-3-5-8-17/h3-5,7-8,11,14-15H,6,9-10,12,16H2,1-2H3,(H,22,23). The lowest BCUT2D eigenvalue weighted by atomic mass is 9.88. The number of nitrogens with one attached hydrogen (secondary N) is 1. The first-order chi connectivity index (χ1) is 11.1. The van der Waals surface area contributed by atoms with Crippen LogP contribution >= 0.6 is 0 Å². The van der Waals surface area contributed by atoms with Crippen molar-refractivity contribution in [3.05, 3.63) is 59.8 Å². The number of hydrogen-bond acceptors (Lipinski definition) is 3. The van der Waals surface area contributed by atoms with E-state index in [2.05, 4.69) is 66.6 Å².